The van der Waals surface area contributed by atoms with Crippen molar-refractivity contribution in [3.63, 3.8) is 0 Å². The van der Waals surface area contributed by atoms with Crippen LogP contribution < -0.4 is 0 Å². The lowest BCUT2D eigenvalue weighted by atomic mass is 9.99. The van der Waals surface area contributed by atoms with Gasteiger partial charge in [-0.3, -0.25) is 0 Å². The number of likely N-dealkylation sites (N-methyl/N-ethyl adjacent to an activating group) is 1. The fraction of sp³-hybridized carbons (Fsp3) is 0.750. The molecule has 0 spiro atoms. The highest BCUT2D eigenvalue weighted by molar-refractivity contribution is 4.93. The minimum Gasteiger partial charge on any atom is -0.388 e. The van der Waals surface area contributed by atoms with E-state index in [1.807, 2.05) is 7.05 Å². The summed E-state index contributed by atoms with van der Waals surface area (Å²) in [6, 6.07) is 0. The van der Waals surface area contributed by atoms with Crippen molar-refractivity contribution in [2.45, 2.75) is 18.4 Å². The van der Waals surface area contributed by atoms with Crippen LogP contribution in [0, 0.1) is 0 Å². The molecule has 1 fully saturated rings. The predicted molar refractivity (Wildman–Crippen MR) is 41.9 cm³/mol. The van der Waals surface area contributed by atoms with Gasteiger partial charge in [0.1, 0.15) is 0 Å². The first-order chi connectivity index (χ1) is 4.66. The van der Waals surface area contributed by atoms with E-state index in [0.29, 0.717) is 0 Å². The van der Waals surface area contributed by atoms with Crippen LogP contribution in [-0.4, -0.2) is 35.7 Å². The van der Waals surface area contributed by atoms with Crippen LogP contribution >= 0.6 is 0 Å². The molecule has 1 unspecified atom stereocenters. The predicted octanol–water partition coefficient (Wildman–Crippen LogP) is 0.629. The highest BCUT2D eigenvalue weighted by Gasteiger charge is 2.32. The summed E-state index contributed by atoms with van der Waals surface area (Å²) in [5.74, 6) is 0. The van der Waals surface area contributed by atoms with E-state index < -0.39 is 5.60 Å². The van der Waals surface area contributed by atoms with Crippen LogP contribution in [0.1, 0.15) is 12.8 Å². The first kappa shape index (κ1) is 7.76. The molecule has 0 amide bonds. The van der Waals surface area contributed by atoms with Crippen LogP contribution in [0.3, 0.4) is 0 Å². The molecule has 2 heteroatoms. The first-order valence-corrected chi connectivity index (χ1v) is 3.68. The minimum atomic E-state index is -0.476. The van der Waals surface area contributed by atoms with Gasteiger partial charge in [0.15, 0.2) is 0 Å². The molecule has 1 N–H and O–H groups in total. The second-order valence-corrected chi connectivity index (χ2v) is 3.20. The molecule has 1 rings (SSSR count). The second-order valence-electron chi connectivity index (χ2n) is 3.20. The Morgan fingerprint density at radius 1 is 1.80 bits per heavy atom. The van der Waals surface area contributed by atoms with Gasteiger partial charge in [-0.25, -0.2) is 0 Å². The third-order valence-corrected chi connectivity index (χ3v) is 2.05. The number of β-amino-alcohol motifs (C(OH)–C–C–N with tert-alkyl or cyclic N) is 1. The molecular weight excluding hydrogens is 126 g/mol. The normalized spacial score (nSPS) is 34.6. The molecular formula is C8H15NO. The molecule has 1 saturated heterocycles. The van der Waals surface area contributed by atoms with Crippen molar-refractivity contribution in [3.05, 3.63) is 12.7 Å². The van der Waals surface area contributed by atoms with Crippen LogP contribution in [0.15, 0.2) is 12.7 Å². The highest BCUT2D eigenvalue weighted by Crippen LogP contribution is 2.23. The summed E-state index contributed by atoms with van der Waals surface area (Å²) < 4.78 is 0. The van der Waals surface area contributed by atoms with Crippen LogP contribution in [0.4, 0.5) is 0 Å². The summed E-state index contributed by atoms with van der Waals surface area (Å²) in [6.07, 6.45) is 3.39. The maximum atomic E-state index is 9.75. The van der Waals surface area contributed by atoms with E-state index in [1.54, 1.807) is 6.08 Å². The number of aliphatic hydroxyl groups is 1. The molecule has 1 heterocycles. The molecule has 0 radical (unpaired) electrons. The lowest BCUT2D eigenvalue weighted by Crippen LogP contribution is -2.30. The van der Waals surface area contributed by atoms with Gasteiger partial charge < -0.3 is 10.0 Å². The Hall–Kier alpha value is -0.340. The Morgan fingerprint density at radius 2 is 2.50 bits per heavy atom. The van der Waals surface area contributed by atoms with E-state index in [9.17, 15) is 5.11 Å². The van der Waals surface area contributed by atoms with Crippen molar-refractivity contribution in [2.75, 3.05) is 20.1 Å². The van der Waals surface area contributed by atoms with E-state index in [-0.39, 0.29) is 0 Å². The van der Waals surface area contributed by atoms with Crippen molar-refractivity contribution in [1.82, 2.24) is 4.90 Å². The van der Waals surface area contributed by atoms with Crippen molar-refractivity contribution < 1.29 is 5.11 Å². The summed E-state index contributed by atoms with van der Waals surface area (Å²) in [7, 11) is 2.03. The molecule has 0 aromatic carbocycles. The average molecular weight is 141 g/mol. The summed E-state index contributed by atoms with van der Waals surface area (Å²) in [5, 5.41) is 9.75. The lowest BCUT2D eigenvalue weighted by Gasteiger charge is -2.19. The van der Waals surface area contributed by atoms with Gasteiger partial charge in [-0.05, 0) is 19.9 Å². The van der Waals surface area contributed by atoms with Crippen LogP contribution in [0.25, 0.3) is 0 Å². The smallest absolute Gasteiger partial charge is 0.0820 e. The van der Waals surface area contributed by atoms with E-state index in [4.69, 9.17) is 0 Å². The summed E-state index contributed by atoms with van der Waals surface area (Å²) >= 11 is 0. The molecule has 10 heavy (non-hydrogen) atoms. The molecule has 2 nitrogen and oxygen atoms in total. The fourth-order valence-electron chi connectivity index (χ4n) is 1.49. The van der Waals surface area contributed by atoms with Crippen molar-refractivity contribution in [3.8, 4) is 0 Å². The Kier molecular flexibility index (Phi) is 2.11. The molecule has 0 bridgehead atoms. The van der Waals surface area contributed by atoms with E-state index in [2.05, 4.69) is 11.5 Å². The van der Waals surface area contributed by atoms with Crippen LogP contribution in [0.5, 0.6) is 0 Å². The maximum absolute atomic E-state index is 9.75. The van der Waals surface area contributed by atoms with Gasteiger partial charge in [0.25, 0.3) is 0 Å². The number of rotatable bonds is 2. The molecule has 0 aromatic rings. The van der Waals surface area contributed by atoms with E-state index in [1.165, 1.54) is 0 Å². The largest absolute Gasteiger partial charge is 0.388 e. The average Bonchev–Trinajstić information content (AvgIpc) is 2.12. The number of hydrogen-bond donors (Lipinski definition) is 1. The Labute approximate surface area is 62.2 Å². The third kappa shape index (κ3) is 1.58. The molecule has 0 aliphatic carbocycles. The Balaban J connectivity index is 2.45. The van der Waals surface area contributed by atoms with E-state index >= 15 is 0 Å². The zero-order valence-electron chi connectivity index (χ0n) is 6.51. The van der Waals surface area contributed by atoms with Gasteiger partial charge in [-0.2, -0.15) is 0 Å². The standard InChI is InChI=1S/C8H15NO/c1-3-4-8(10)5-6-9(2)7-8/h3,10H,1,4-7H2,2H3. The quantitative estimate of drug-likeness (QED) is 0.570. The Morgan fingerprint density at radius 3 is 2.90 bits per heavy atom. The third-order valence-electron chi connectivity index (χ3n) is 2.05. The first-order valence-electron chi connectivity index (χ1n) is 3.68. The summed E-state index contributed by atoms with van der Waals surface area (Å²) in [4.78, 5) is 2.14. The monoisotopic (exact) mass is 141 g/mol. The van der Waals surface area contributed by atoms with Crippen LogP contribution in [-0.2, 0) is 0 Å². The topological polar surface area (TPSA) is 23.5 Å². The molecule has 1 aliphatic heterocycles. The van der Waals surface area contributed by atoms with Crippen molar-refractivity contribution in [1.29, 1.82) is 0 Å². The SMILES string of the molecule is C=CCC1(O)CCN(C)C1. The molecule has 1 atom stereocenters. The summed E-state index contributed by atoms with van der Waals surface area (Å²) in [6.45, 7) is 5.41. The summed E-state index contributed by atoms with van der Waals surface area (Å²) in [5.41, 5.74) is -0.476. The van der Waals surface area contributed by atoms with Gasteiger partial charge in [-0.15, -0.1) is 6.58 Å². The maximum Gasteiger partial charge on any atom is 0.0820 e. The van der Waals surface area contributed by atoms with Crippen molar-refractivity contribution >= 4 is 0 Å². The zero-order chi connectivity index (χ0) is 7.61. The Bertz CT molecular complexity index is 135. The minimum absolute atomic E-state index is 0.476. The van der Waals surface area contributed by atoms with Crippen molar-refractivity contribution in [2.24, 2.45) is 0 Å². The number of nitrogens with zero attached hydrogens (tertiary/aromatic N) is 1. The zero-order valence-corrected chi connectivity index (χ0v) is 6.51. The highest BCUT2D eigenvalue weighted by atomic mass is 16.3. The lowest BCUT2D eigenvalue weighted by molar-refractivity contribution is 0.0551. The fourth-order valence-corrected chi connectivity index (χ4v) is 1.49. The molecule has 0 saturated carbocycles. The molecule has 0 aromatic heterocycles. The van der Waals surface area contributed by atoms with Crippen LogP contribution in [0.2, 0.25) is 0 Å². The van der Waals surface area contributed by atoms with Gasteiger partial charge in [0, 0.05) is 13.1 Å². The van der Waals surface area contributed by atoms with Gasteiger partial charge in [0.2, 0.25) is 0 Å². The van der Waals surface area contributed by atoms with Gasteiger partial charge in [-0.1, -0.05) is 6.08 Å². The van der Waals surface area contributed by atoms with E-state index in [0.717, 1.165) is 25.9 Å². The van der Waals surface area contributed by atoms with Gasteiger partial charge in [0.05, 0.1) is 5.60 Å². The second kappa shape index (κ2) is 2.72. The number of hydrogen-bond acceptors (Lipinski definition) is 2. The van der Waals surface area contributed by atoms with Gasteiger partial charge >= 0.3 is 0 Å². The molecule has 58 valence electrons. The molecule has 1 aliphatic rings. The number of likely N-dealkylation sites (tertiary alicyclic amines) is 1.